The summed E-state index contributed by atoms with van der Waals surface area (Å²) in [7, 11) is 1.73. The summed E-state index contributed by atoms with van der Waals surface area (Å²) in [5.74, 6) is 1.15. The van der Waals surface area contributed by atoms with Gasteiger partial charge in [0.25, 0.3) is 0 Å². The highest BCUT2D eigenvalue weighted by Gasteiger charge is 2.21. The first-order chi connectivity index (χ1) is 10.2. The van der Waals surface area contributed by atoms with Gasteiger partial charge in [0.2, 0.25) is 0 Å². The number of anilines is 1. The van der Waals surface area contributed by atoms with Gasteiger partial charge in [0.05, 0.1) is 18.0 Å². The highest BCUT2D eigenvalue weighted by atomic mass is 16.5. The van der Waals surface area contributed by atoms with E-state index in [0.29, 0.717) is 6.61 Å². The van der Waals surface area contributed by atoms with Gasteiger partial charge in [-0.25, -0.2) is 4.68 Å². The Labute approximate surface area is 126 Å². The molecule has 2 heterocycles. The van der Waals surface area contributed by atoms with Gasteiger partial charge in [-0.05, 0) is 50.3 Å². The molecule has 21 heavy (non-hydrogen) atoms. The average Bonchev–Trinajstić information content (AvgIpc) is 2.66. The maximum absolute atomic E-state index is 5.33. The van der Waals surface area contributed by atoms with Crippen LogP contribution < -0.4 is 5.32 Å². The number of nitrogens with one attached hydrogen (secondary N) is 1. The summed E-state index contributed by atoms with van der Waals surface area (Å²) in [6.45, 7) is 5.84. The first kappa shape index (κ1) is 14.1. The molecule has 1 N–H and O–H groups in total. The van der Waals surface area contributed by atoms with E-state index in [1.165, 1.54) is 29.5 Å². The van der Waals surface area contributed by atoms with E-state index >= 15 is 0 Å². The van der Waals surface area contributed by atoms with E-state index in [2.05, 4.69) is 42.0 Å². The minimum absolute atomic E-state index is 0.571. The molecule has 1 aromatic heterocycles. The van der Waals surface area contributed by atoms with Gasteiger partial charge < -0.3 is 10.1 Å². The molecule has 1 aliphatic rings. The van der Waals surface area contributed by atoms with E-state index in [9.17, 15) is 0 Å². The molecule has 0 radical (unpaired) electrons. The molecule has 3 rings (SSSR count). The van der Waals surface area contributed by atoms with Gasteiger partial charge in [-0.3, -0.25) is 0 Å². The molecule has 1 aromatic carbocycles. The fraction of sp³-hybridized carbons (Fsp3) is 0.471. The van der Waals surface area contributed by atoms with E-state index in [1.807, 2.05) is 0 Å². The van der Waals surface area contributed by atoms with Crippen molar-refractivity contribution >= 4 is 5.82 Å². The number of benzene rings is 1. The summed E-state index contributed by atoms with van der Waals surface area (Å²) >= 11 is 0. The summed E-state index contributed by atoms with van der Waals surface area (Å²) in [6.07, 6.45) is 3.48. The smallest absolute Gasteiger partial charge is 0.133 e. The predicted octanol–water partition coefficient (Wildman–Crippen LogP) is 3.38. The monoisotopic (exact) mass is 285 g/mol. The highest BCUT2D eigenvalue weighted by molar-refractivity contribution is 5.56. The van der Waals surface area contributed by atoms with Crippen LogP contribution in [0.3, 0.4) is 0 Å². The summed E-state index contributed by atoms with van der Waals surface area (Å²) in [5.41, 5.74) is 6.02. The van der Waals surface area contributed by atoms with E-state index in [4.69, 9.17) is 9.84 Å². The van der Waals surface area contributed by atoms with Gasteiger partial charge in [0.1, 0.15) is 5.82 Å². The fourth-order valence-electron chi connectivity index (χ4n) is 2.95. The third kappa shape index (κ3) is 2.68. The largest absolute Gasteiger partial charge is 0.378 e. The zero-order valence-electron chi connectivity index (χ0n) is 13.1. The molecule has 0 spiro atoms. The van der Waals surface area contributed by atoms with Crippen molar-refractivity contribution in [3.8, 4) is 5.69 Å². The van der Waals surface area contributed by atoms with E-state index in [0.717, 1.165) is 30.2 Å². The zero-order valence-corrected chi connectivity index (χ0v) is 13.1. The molecule has 4 nitrogen and oxygen atoms in total. The molecule has 112 valence electrons. The standard InChI is InChI=1S/C17H23N3O/c1-12-7-8-13(2)16(10-12)20-17-14(6-4-5-9-18-17)15(19-20)11-21-3/h7-8,10,18H,4-6,9,11H2,1-3H3. The molecular weight excluding hydrogens is 262 g/mol. The second kappa shape index (κ2) is 5.90. The van der Waals surface area contributed by atoms with Crippen molar-refractivity contribution in [2.75, 3.05) is 19.0 Å². The number of hydrogen-bond acceptors (Lipinski definition) is 3. The van der Waals surface area contributed by atoms with Gasteiger partial charge in [-0.2, -0.15) is 5.10 Å². The molecule has 4 heteroatoms. The second-order valence-electron chi connectivity index (χ2n) is 5.79. The van der Waals surface area contributed by atoms with Crippen LogP contribution in [0.5, 0.6) is 0 Å². The van der Waals surface area contributed by atoms with Crippen LogP contribution >= 0.6 is 0 Å². The Morgan fingerprint density at radius 3 is 2.95 bits per heavy atom. The predicted molar refractivity (Wildman–Crippen MR) is 85.2 cm³/mol. The lowest BCUT2D eigenvalue weighted by Gasteiger charge is -2.12. The Morgan fingerprint density at radius 2 is 2.14 bits per heavy atom. The molecule has 0 saturated heterocycles. The molecule has 0 unspecified atom stereocenters. The number of fused-ring (bicyclic) bond motifs is 1. The van der Waals surface area contributed by atoms with Gasteiger partial charge >= 0.3 is 0 Å². The fourth-order valence-corrected chi connectivity index (χ4v) is 2.95. The van der Waals surface area contributed by atoms with E-state index in [-0.39, 0.29) is 0 Å². The minimum atomic E-state index is 0.571. The summed E-state index contributed by atoms with van der Waals surface area (Å²) in [6, 6.07) is 6.50. The maximum Gasteiger partial charge on any atom is 0.133 e. The lowest BCUT2D eigenvalue weighted by atomic mass is 10.1. The minimum Gasteiger partial charge on any atom is -0.378 e. The molecule has 0 fully saturated rings. The SMILES string of the molecule is COCc1nn(-c2cc(C)ccc2C)c2c1CCCCN2. The van der Waals surface area contributed by atoms with Gasteiger partial charge in [0.15, 0.2) is 0 Å². The van der Waals surface area contributed by atoms with Gasteiger partial charge in [0, 0.05) is 19.2 Å². The van der Waals surface area contributed by atoms with Crippen molar-refractivity contribution in [1.82, 2.24) is 9.78 Å². The molecule has 0 atom stereocenters. The van der Waals surface area contributed by atoms with E-state index < -0.39 is 0 Å². The number of hydrogen-bond donors (Lipinski definition) is 1. The Morgan fingerprint density at radius 1 is 1.29 bits per heavy atom. The first-order valence-electron chi connectivity index (χ1n) is 7.62. The van der Waals surface area contributed by atoms with Crippen molar-refractivity contribution in [2.45, 2.75) is 39.7 Å². The number of nitrogens with zero attached hydrogens (tertiary/aromatic N) is 2. The van der Waals surface area contributed by atoms with Crippen LogP contribution in [0.1, 0.15) is 35.2 Å². The normalized spacial score (nSPS) is 14.4. The lowest BCUT2D eigenvalue weighted by Crippen LogP contribution is -2.08. The number of rotatable bonds is 3. The zero-order chi connectivity index (χ0) is 14.8. The first-order valence-corrected chi connectivity index (χ1v) is 7.62. The van der Waals surface area contributed by atoms with Crippen LogP contribution in [0.25, 0.3) is 5.69 Å². The quantitative estimate of drug-likeness (QED) is 0.939. The third-order valence-corrected chi connectivity index (χ3v) is 4.09. The van der Waals surface area contributed by atoms with Crippen molar-refractivity contribution in [2.24, 2.45) is 0 Å². The van der Waals surface area contributed by atoms with Crippen LogP contribution in [0.2, 0.25) is 0 Å². The van der Waals surface area contributed by atoms with E-state index in [1.54, 1.807) is 7.11 Å². The topological polar surface area (TPSA) is 39.1 Å². The van der Waals surface area contributed by atoms with Gasteiger partial charge in [-0.15, -0.1) is 0 Å². The Hall–Kier alpha value is -1.81. The van der Waals surface area contributed by atoms with Crippen LogP contribution in [0.4, 0.5) is 5.82 Å². The van der Waals surface area contributed by atoms with Gasteiger partial charge in [-0.1, -0.05) is 12.1 Å². The van der Waals surface area contributed by atoms with Crippen molar-refractivity contribution in [3.63, 3.8) is 0 Å². The second-order valence-corrected chi connectivity index (χ2v) is 5.79. The molecule has 0 aliphatic carbocycles. The van der Waals surface area contributed by atoms with Crippen molar-refractivity contribution in [1.29, 1.82) is 0 Å². The summed E-state index contributed by atoms with van der Waals surface area (Å²) in [5, 5.41) is 8.39. The van der Waals surface area contributed by atoms with Crippen LogP contribution in [-0.4, -0.2) is 23.4 Å². The van der Waals surface area contributed by atoms with Crippen LogP contribution in [0, 0.1) is 13.8 Å². The summed E-state index contributed by atoms with van der Waals surface area (Å²) < 4.78 is 7.40. The van der Waals surface area contributed by atoms with Crippen molar-refractivity contribution in [3.05, 3.63) is 40.6 Å². The molecular formula is C17H23N3O. The highest BCUT2D eigenvalue weighted by Crippen LogP contribution is 2.29. The van der Waals surface area contributed by atoms with Crippen LogP contribution in [-0.2, 0) is 17.8 Å². The molecule has 2 aromatic rings. The third-order valence-electron chi connectivity index (χ3n) is 4.09. The molecule has 1 aliphatic heterocycles. The molecule has 0 bridgehead atoms. The number of methoxy groups -OCH3 is 1. The number of aryl methyl sites for hydroxylation is 2. The van der Waals surface area contributed by atoms with Crippen molar-refractivity contribution < 1.29 is 4.74 Å². The molecule has 0 amide bonds. The Balaban J connectivity index is 2.15. The molecule has 0 saturated carbocycles. The van der Waals surface area contributed by atoms with Crippen LogP contribution in [0.15, 0.2) is 18.2 Å². The number of aromatic nitrogens is 2. The Bertz CT molecular complexity index is 646. The average molecular weight is 285 g/mol. The lowest BCUT2D eigenvalue weighted by molar-refractivity contribution is 0.180. The summed E-state index contributed by atoms with van der Waals surface area (Å²) in [4.78, 5) is 0. The maximum atomic E-state index is 5.33. The number of ether oxygens (including phenoxy) is 1. The Kier molecular flexibility index (Phi) is 3.97.